The van der Waals surface area contributed by atoms with E-state index in [1.807, 2.05) is 30.3 Å². The van der Waals surface area contributed by atoms with Crippen LogP contribution in [-0.4, -0.2) is 58.2 Å². The summed E-state index contributed by atoms with van der Waals surface area (Å²) < 4.78 is 0. The van der Waals surface area contributed by atoms with E-state index in [4.69, 9.17) is 0 Å². The number of amides is 1. The van der Waals surface area contributed by atoms with E-state index in [2.05, 4.69) is 35.8 Å². The minimum Gasteiger partial charge on any atom is -0.396 e. The van der Waals surface area contributed by atoms with Crippen molar-refractivity contribution in [3.05, 3.63) is 35.9 Å². The normalized spacial score (nSPS) is 21.8. The Morgan fingerprint density at radius 1 is 1.06 bits per heavy atom. The average molecular weight is 426 g/mol. The molecule has 0 bridgehead atoms. The van der Waals surface area contributed by atoms with Crippen molar-refractivity contribution in [2.45, 2.75) is 44.7 Å². The fourth-order valence-corrected chi connectivity index (χ4v) is 4.06. The number of hydrogen-bond donors (Lipinski definition) is 4. The number of carbonyl (C=O) groups is 1. The van der Waals surface area contributed by atoms with Gasteiger partial charge in [-0.05, 0) is 43.6 Å². The lowest BCUT2D eigenvalue weighted by molar-refractivity contribution is -0.121. The Kier molecular flexibility index (Phi) is 7.14. The zero-order valence-corrected chi connectivity index (χ0v) is 17.8. The molecular weight excluding hydrogens is 394 g/mol. The van der Waals surface area contributed by atoms with Gasteiger partial charge in [-0.15, -0.1) is 0 Å². The van der Waals surface area contributed by atoms with Gasteiger partial charge in [0.2, 0.25) is 23.8 Å². The van der Waals surface area contributed by atoms with Crippen molar-refractivity contribution < 1.29 is 9.90 Å². The minimum atomic E-state index is -0.355. The number of rotatable bonds is 7. The monoisotopic (exact) mass is 425 g/mol. The number of nitrogens with zero attached hydrogens (tertiary/aromatic N) is 4. The standard InChI is InChI=1S/C22H31N7O2/c30-15-17-9-6-12-29(14-17)22-27-20(24-13-16-7-2-1-3-8-16)26-21(28-22)25-18-10-4-5-11-23-19(18)31/h1-3,7-8,17-18,30H,4-6,9-15H2,(H,23,31)(H2,24,25,26,27,28). The Morgan fingerprint density at radius 2 is 1.90 bits per heavy atom. The number of anilines is 3. The van der Waals surface area contributed by atoms with Gasteiger partial charge < -0.3 is 26.0 Å². The van der Waals surface area contributed by atoms with Crippen LogP contribution in [0.4, 0.5) is 17.8 Å². The zero-order valence-electron chi connectivity index (χ0n) is 17.8. The summed E-state index contributed by atoms with van der Waals surface area (Å²) in [6, 6.07) is 9.71. The topological polar surface area (TPSA) is 115 Å². The van der Waals surface area contributed by atoms with E-state index in [1.54, 1.807) is 0 Å². The van der Waals surface area contributed by atoms with Crippen LogP contribution in [0.1, 0.15) is 37.7 Å². The predicted molar refractivity (Wildman–Crippen MR) is 120 cm³/mol. The molecule has 9 nitrogen and oxygen atoms in total. The van der Waals surface area contributed by atoms with Crippen molar-refractivity contribution in [2.24, 2.45) is 5.92 Å². The Hall–Kier alpha value is -2.94. The van der Waals surface area contributed by atoms with Crippen LogP contribution in [0.5, 0.6) is 0 Å². The van der Waals surface area contributed by atoms with E-state index in [9.17, 15) is 9.90 Å². The predicted octanol–water partition coefficient (Wildman–Crippen LogP) is 1.77. The fourth-order valence-electron chi connectivity index (χ4n) is 4.06. The van der Waals surface area contributed by atoms with Crippen molar-refractivity contribution >= 4 is 23.8 Å². The van der Waals surface area contributed by atoms with E-state index in [0.29, 0.717) is 37.5 Å². The molecule has 2 aliphatic rings. The van der Waals surface area contributed by atoms with Gasteiger partial charge in [0, 0.05) is 32.8 Å². The van der Waals surface area contributed by atoms with E-state index >= 15 is 0 Å². The Morgan fingerprint density at radius 3 is 2.74 bits per heavy atom. The lowest BCUT2D eigenvalue weighted by Gasteiger charge is -2.32. The molecule has 1 aromatic heterocycles. The van der Waals surface area contributed by atoms with Gasteiger partial charge in [0.25, 0.3) is 0 Å². The van der Waals surface area contributed by atoms with Crippen LogP contribution < -0.4 is 20.9 Å². The lowest BCUT2D eigenvalue weighted by Crippen LogP contribution is -2.39. The van der Waals surface area contributed by atoms with Crippen molar-refractivity contribution in [1.29, 1.82) is 0 Å². The summed E-state index contributed by atoms with van der Waals surface area (Å²) in [5, 5.41) is 19.1. The number of aromatic nitrogens is 3. The number of benzene rings is 1. The van der Waals surface area contributed by atoms with Gasteiger partial charge in [-0.2, -0.15) is 15.0 Å². The fraction of sp³-hybridized carbons (Fsp3) is 0.545. The van der Waals surface area contributed by atoms with Gasteiger partial charge in [0.15, 0.2) is 0 Å². The molecular formula is C22H31N7O2. The quantitative estimate of drug-likeness (QED) is 0.531. The van der Waals surface area contributed by atoms with E-state index < -0.39 is 0 Å². The second-order valence-electron chi connectivity index (χ2n) is 8.24. The third-order valence-electron chi connectivity index (χ3n) is 5.82. The molecule has 3 heterocycles. The molecule has 4 N–H and O–H groups in total. The molecule has 2 aliphatic heterocycles. The van der Waals surface area contributed by atoms with Crippen LogP contribution >= 0.6 is 0 Å². The van der Waals surface area contributed by atoms with Gasteiger partial charge in [-0.3, -0.25) is 4.79 Å². The largest absolute Gasteiger partial charge is 0.396 e. The smallest absolute Gasteiger partial charge is 0.242 e. The Labute approximate surface area is 182 Å². The highest BCUT2D eigenvalue weighted by molar-refractivity contribution is 5.84. The van der Waals surface area contributed by atoms with Gasteiger partial charge in [-0.1, -0.05) is 30.3 Å². The zero-order chi connectivity index (χ0) is 21.5. The molecule has 166 valence electrons. The molecule has 4 rings (SSSR count). The second kappa shape index (κ2) is 10.4. The summed E-state index contributed by atoms with van der Waals surface area (Å²) in [5.41, 5.74) is 1.13. The summed E-state index contributed by atoms with van der Waals surface area (Å²) in [6.45, 7) is 3.00. The van der Waals surface area contributed by atoms with Crippen LogP contribution in [0.15, 0.2) is 30.3 Å². The van der Waals surface area contributed by atoms with E-state index in [-0.39, 0.29) is 24.5 Å². The van der Waals surface area contributed by atoms with Crippen molar-refractivity contribution in [3.8, 4) is 0 Å². The Bertz CT molecular complexity index is 864. The molecule has 2 saturated heterocycles. The summed E-state index contributed by atoms with van der Waals surface area (Å²) >= 11 is 0. The SMILES string of the molecule is O=C1NCCCCC1Nc1nc(NCc2ccccc2)nc(N2CCCC(CO)C2)n1. The van der Waals surface area contributed by atoms with Gasteiger partial charge in [0.1, 0.15) is 6.04 Å². The number of nitrogens with one attached hydrogen (secondary N) is 3. The van der Waals surface area contributed by atoms with E-state index in [1.165, 1.54) is 0 Å². The molecule has 2 fully saturated rings. The first-order valence-corrected chi connectivity index (χ1v) is 11.1. The summed E-state index contributed by atoms with van der Waals surface area (Å²) in [6.07, 6.45) is 4.68. The average Bonchev–Trinajstić information content (AvgIpc) is 3.02. The van der Waals surface area contributed by atoms with Crippen molar-refractivity contribution in [3.63, 3.8) is 0 Å². The number of piperidine rings is 1. The maximum atomic E-state index is 12.4. The van der Waals surface area contributed by atoms with Crippen LogP contribution in [0.3, 0.4) is 0 Å². The molecule has 0 aliphatic carbocycles. The van der Waals surface area contributed by atoms with Gasteiger partial charge >= 0.3 is 0 Å². The minimum absolute atomic E-state index is 0.0171. The first-order valence-electron chi connectivity index (χ1n) is 11.1. The second-order valence-corrected chi connectivity index (χ2v) is 8.24. The first kappa shape index (κ1) is 21.3. The highest BCUT2D eigenvalue weighted by Crippen LogP contribution is 2.23. The molecule has 2 atom stereocenters. The van der Waals surface area contributed by atoms with Crippen LogP contribution in [-0.2, 0) is 11.3 Å². The van der Waals surface area contributed by atoms with E-state index in [0.717, 1.165) is 44.2 Å². The van der Waals surface area contributed by atoms with Crippen molar-refractivity contribution in [2.75, 3.05) is 41.8 Å². The lowest BCUT2D eigenvalue weighted by atomic mass is 9.99. The molecule has 1 aromatic carbocycles. The first-order chi connectivity index (χ1) is 15.2. The molecule has 1 amide bonds. The number of carbonyl (C=O) groups excluding carboxylic acids is 1. The van der Waals surface area contributed by atoms with Crippen LogP contribution in [0.2, 0.25) is 0 Å². The highest BCUT2D eigenvalue weighted by atomic mass is 16.3. The molecule has 2 aromatic rings. The number of aliphatic hydroxyl groups is 1. The third kappa shape index (κ3) is 5.81. The number of hydrogen-bond acceptors (Lipinski definition) is 8. The van der Waals surface area contributed by atoms with Gasteiger partial charge in [-0.25, -0.2) is 0 Å². The van der Waals surface area contributed by atoms with Crippen LogP contribution in [0.25, 0.3) is 0 Å². The molecule has 2 unspecified atom stereocenters. The molecule has 0 saturated carbocycles. The highest BCUT2D eigenvalue weighted by Gasteiger charge is 2.25. The van der Waals surface area contributed by atoms with Crippen molar-refractivity contribution in [1.82, 2.24) is 20.3 Å². The van der Waals surface area contributed by atoms with Gasteiger partial charge in [0.05, 0.1) is 0 Å². The third-order valence-corrected chi connectivity index (χ3v) is 5.82. The maximum absolute atomic E-state index is 12.4. The summed E-state index contributed by atoms with van der Waals surface area (Å²) in [4.78, 5) is 28.3. The molecule has 0 spiro atoms. The van der Waals surface area contributed by atoms with Crippen LogP contribution in [0, 0.1) is 5.92 Å². The number of aliphatic hydroxyl groups excluding tert-OH is 1. The maximum Gasteiger partial charge on any atom is 0.242 e. The molecule has 9 heteroatoms. The molecule has 31 heavy (non-hydrogen) atoms. The molecule has 0 radical (unpaired) electrons. The summed E-state index contributed by atoms with van der Waals surface area (Å²) in [7, 11) is 0. The summed E-state index contributed by atoms with van der Waals surface area (Å²) in [5.74, 6) is 1.64. The Balaban J connectivity index is 1.55.